The molecule has 1 aromatic carbocycles. The molecular weight excluding hydrogens is 376 g/mol. The molecule has 0 radical (unpaired) electrons. The molecule has 1 fully saturated rings. The van der Waals surface area contributed by atoms with Crippen molar-refractivity contribution in [1.29, 1.82) is 0 Å². The third-order valence-electron chi connectivity index (χ3n) is 5.77. The Bertz CT molecular complexity index is 1060. The fourth-order valence-electron chi connectivity index (χ4n) is 4.12. The number of pyridine rings is 1. The van der Waals surface area contributed by atoms with Gasteiger partial charge in [0.2, 0.25) is 0 Å². The van der Waals surface area contributed by atoms with Gasteiger partial charge in [0.15, 0.2) is 0 Å². The molecule has 4 rings (SSSR count). The molecule has 0 saturated heterocycles. The Balaban J connectivity index is 1.71. The number of aromatic nitrogens is 3. The first-order valence-electron chi connectivity index (χ1n) is 9.61. The summed E-state index contributed by atoms with van der Waals surface area (Å²) in [6.45, 7) is 2.00. The van der Waals surface area contributed by atoms with Crippen molar-refractivity contribution in [2.75, 3.05) is 12.4 Å². The van der Waals surface area contributed by atoms with Crippen molar-refractivity contribution in [2.45, 2.75) is 44.8 Å². The molecular formula is C21H25ClN4O2. The highest BCUT2D eigenvalue weighted by Gasteiger charge is 2.26. The number of nitrogens with zero attached hydrogens (tertiary/aromatic N) is 3. The van der Waals surface area contributed by atoms with Gasteiger partial charge in [-0.25, -0.2) is 9.78 Å². The highest BCUT2D eigenvalue weighted by molar-refractivity contribution is 6.30. The van der Waals surface area contributed by atoms with Gasteiger partial charge in [-0.1, -0.05) is 11.6 Å². The maximum atomic E-state index is 12.9. The molecule has 28 heavy (non-hydrogen) atoms. The van der Waals surface area contributed by atoms with Crippen LogP contribution in [0.25, 0.3) is 11.0 Å². The van der Waals surface area contributed by atoms with Crippen LogP contribution in [-0.2, 0) is 11.8 Å². The summed E-state index contributed by atoms with van der Waals surface area (Å²) >= 11 is 6.05. The number of hydrogen-bond donors (Lipinski definition) is 1. The fraction of sp³-hybridized carbons (Fsp3) is 0.429. The largest absolute Gasteiger partial charge is 0.381 e. The normalized spacial score (nSPS) is 19.9. The number of rotatable bonds is 4. The Kier molecular flexibility index (Phi) is 5.17. The van der Waals surface area contributed by atoms with Gasteiger partial charge in [0.1, 0.15) is 5.82 Å². The van der Waals surface area contributed by atoms with Gasteiger partial charge in [-0.3, -0.25) is 9.13 Å². The van der Waals surface area contributed by atoms with Crippen LogP contribution in [0.3, 0.4) is 0 Å². The van der Waals surface area contributed by atoms with E-state index in [0.717, 1.165) is 48.0 Å². The number of imidazole rings is 1. The lowest BCUT2D eigenvalue weighted by Gasteiger charge is -2.28. The number of methoxy groups -OCH3 is 1. The van der Waals surface area contributed by atoms with Crippen LogP contribution in [0.2, 0.25) is 5.02 Å². The summed E-state index contributed by atoms with van der Waals surface area (Å²) in [6, 6.07) is 7.85. The standard InChI is InChI=1S/C21H25ClN4O2/c1-13-10-14(22)4-9-17(13)24-20-11-18-19(12-23-20)25(2)21(27)26(18)15-5-7-16(28-3)8-6-15/h4,9-12,15-16H,5-8H2,1-3H3,(H,23,24). The second-order valence-electron chi connectivity index (χ2n) is 7.52. The molecule has 2 heterocycles. The molecule has 2 aromatic heterocycles. The lowest BCUT2D eigenvalue weighted by molar-refractivity contribution is 0.0585. The lowest BCUT2D eigenvalue weighted by atomic mass is 9.92. The van der Waals surface area contributed by atoms with Crippen molar-refractivity contribution in [1.82, 2.24) is 14.1 Å². The van der Waals surface area contributed by atoms with Crippen LogP contribution in [0.4, 0.5) is 11.5 Å². The molecule has 1 saturated carbocycles. The first kappa shape index (κ1) is 19.0. The van der Waals surface area contributed by atoms with Crippen LogP contribution in [0.15, 0.2) is 35.3 Å². The van der Waals surface area contributed by atoms with E-state index in [1.54, 1.807) is 24.9 Å². The molecule has 0 amide bonds. The molecule has 7 heteroatoms. The number of aryl methyl sites for hydroxylation is 2. The first-order chi connectivity index (χ1) is 13.5. The quantitative estimate of drug-likeness (QED) is 0.696. The zero-order chi connectivity index (χ0) is 19.8. The molecule has 0 spiro atoms. The van der Waals surface area contributed by atoms with Gasteiger partial charge in [0.05, 0.1) is 23.3 Å². The minimum absolute atomic E-state index is 0.0116. The summed E-state index contributed by atoms with van der Waals surface area (Å²) in [6.07, 6.45) is 5.90. The lowest BCUT2D eigenvalue weighted by Crippen LogP contribution is -2.30. The number of fused-ring (bicyclic) bond motifs is 1. The van der Waals surface area contributed by atoms with E-state index in [-0.39, 0.29) is 11.7 Å². The third-order valence-corrected chi connectivity index (χ3v) is 6.00. The molecule has 0 atom stereocenters. The van der Waals surface area contributed by atoms with Gasteiger partial charge in [-0.2, -0.15) is 0 Å². The zero-order valence-electron chi connectivity index (χ0n) is 16.4. The maximum Gasteiger partial charge on any atom is 0.329 e. The van der Waals surface area contributed by atoms with Gasteiger partial charge in [-0.05, 0) is 56.4 Å². The van der Waals surface area contributed by atoms with Crippen molar-refractivity contribution in [3.8, 4) is 0 Å². The van der Waals surface area contributed by atoms with E-state index < -0.39 is 0 Å². The summed E-state index contributed by atoms with van der Waals surface area (Å²) < 4.78 is 9.10. The molecule has 6 nitrogen and oxygen atoms in total. The van der Waals surface area contributed by atoms with E-state index in [0.29, 0.717) is 16.9 Å². The van der Waals surface area contributed by atoms with Crippen molar-refractivity contribution in [3.05, 3.63) is 51.5 Å². The van der Waals surface area contributed by atoms with Crippen LogP contribution < -0.4 is 11.0 Å². The smallest absolute Gasteiger partial charge is 0.329 e. The van der Waals surface area contributed by atoms with Gasteiger partial charge in [-0.15, -0.1) is 0 Å². The third kappa shape index (κ3) is 3.42. The molecule has 0 bridgehead atoms. The van der Waals surface area contributed by atoms with Gasteiger partial charge in [0.25, 0.3) is 0 Å². The molecule has 148 valence electrons. The van der Waals surface area contributed by atoms with Crippen molar-refractivity contribution in [2.24, 2.45) is 7.05 Å². The van der Waals surface area contributed by atoms with Crippen LogP contribution in [-0.4, -0.2) is 27.3 Å². The minimum Gasteiger partial charge on any atom is -0.381 e. The average molecular weight is 401 g/mol. The maximum absolute atomic E-state index is 12.9. The summed E-state index contributed by atoms with van der Waals surface area (Å²) in [5.74, 6) is 0.711. The number of halogens is 1. The number of hydrogen-bond acceptors (Lipinski definition) is 4. The van der Waals surface area contributed by atoms with E-state index in [1.165, 1.54) is 0 Å². The van der Waals surface area contributed by atoms with Crippen LogP contribution >= 0.6 is 11.6 Å². The second-order valence-corrected chi connectivity index (χ2v) is 7.96. The van der Waals surface area contributed by atoms with E-state index in [4.69, 9.17) is 16.3 Å². The predicted octanol–water partition coefficient (Wildman–Crippen LogP) is 4.57. The van der Waals surface area contributed by atoms with Gasteiger partial charge < -0.3 is 10.1 Å². The number of ether oxygens (including phenoxy) is 1. The summed E-state index contributed by atoms with van der Waals surface area (Å²) in [5.41, 5.74) is 3.76. The fourth-order valence-corrected chi connectivity index (χ4v) is 4.35. The van der Waals surface area contributed by atoms with Gasteiger partial charge in [0, 0.05) is 37.0 Å². The topological polar surface area (TPSA) is 61.1 Å². The van der Waals surface area contributed by atoms with E-state index >= 15 is 0 Å². The summed E-state index contributed by atoms with van der Waals surface area (Å²) in [7, 11) is 3.57. The molecule has 3 aromatic rings. The average Bonchev–Trinajstić information content (AvgIpc) is 2.94. The molecule has 1 N–H and O–H groups in total. The van der Waals surface area contributed by atoms with E-state index in [1.807, 2.05) is 35.8 Å². The number of nitrogens with one attached hydrogen (secondary N) is 1. The minimum atomic E-state index is 0.0116. The highest BCUT2D eigenvalue weighted by atomic mass is 35.5. The van der Waals surface area contributed by atoms with Crippen LogP contribution in [0.1, 0.15) is 37.3 Å². The Morgan fingerprint density at radius 1 is 1.18 bits per heavy atom. The Morgan fingerprint density at radius 3 is 2.61 bits per heavy atom. The Labute approximate surface area is 169 Å². The molecule has 0 aliphatic heterocycles. The second kappa shape index (κ2) is 7.60. The SMILES string of the molecule is COC1CCC(n2c(=O)n(C)c3cnc(Nc4ccc(Cl)cc4C)cc32)CC1. The number of benzene rings is 1. The number of anilines is 2. The van der Waals surface area contributed by atoms with E-state index in [2.05, 4.69) is 10.3 Å². The molecule has 0 unspecified atom stereocenters. The van der Waals surface area contributed by atoms with Crippen LogP contribution in [0.5, 0.6) is 0 Å². The Hall–Kier alpha value is -2.31. The summed E-state index contributed by atoms with van der Waals surface area (Å²) in [5, 5.41) is 4.06. The van der Waals surface area contributed by atoms with Gasteiger partial charge >= 0.3 is 5.69 Å². The molecule has 1 aliphatic rings. The predicted molar refractivity (Wildman–Crippen MR) is 113 cm³/mol. The van der Waals surface area contributed by atoms with Crippen LogP contribution in [0, 0.1) is 6.92 Å². The Morgan fingerprint density at radius 2 is 1.93 bits per heavy atom. The zero-order valence-corrected chi connectivity index (χ0v) is 17.2. The monoisotopic (exact) mass is 400 g/mol. The van der Waals surface area contributed by atoms with Crippen molar-refractivity contribution < 1.29 is 4.74 Å². The first-order valence-corrected chi connectivity index (χ1v) is 9.98. The molecule has 1 aliphatic carbocycles. The van der Waals surface area contributed by atoms with Crippen molar-refractivity contribution >= 4 is 34.1 Å². The van der Waals surface area contributed by atoms with Crippen molar-refractivity contribution in [3.63, 3.8) is 0 Å². The van der Waals surface area contributed by atoms with E-state index in [9.17, 15) is 4.79 Å². The summed E-state index contributed by atoms with van der Waals surface area (Å²) in [4.78, 5) is 17.4. The highest BCUT2D eigenvalue weighted by Crippen LogP contribution is 2.32.